The lowest BCUT2D eigenvalue weighted by molar-refractivity contribution is -0.122. The minimum absolute atomic E-state index is 0.0701. The van der Waals surface area contributed by atoms with Crippen LogP contribution in [0, 0.1) is 0 Å². The summed E-state index contributed by atoms with van der Waals surface area (Å²) in [6.45, 7) is 4.96. The number of likely N-dealkylation sites (N-methyl/N-ethyl adjacent to an activating group) is 1. The molecule has 0 spiro atoms. The van der Waals surface area contributed by atoms with E-state index in [0.29, 0.717) is 12.5 Å². The summed E-state index contributed by atoms with van der Waals surface area (Å²) in [5.74, 6) is 0.502. The van der Waals surface area contributed by atoms with E-state index in [1.54, 1.807) is 7.05 Å². The second-order valence-corrected chi connectivity index (χ2v) is 4.92. The fraction of sp³-hybridized carbons (Fsp3) is 0.533. The molecule has 0 aromatic heterocycles. The van der Waals surface area contributed by atoms with Crippen molar-refractivity contribution in [1.29, 1.82) is 0 Å². The monoisotopic (exact) mass is 248 g/mol. The van der Waals surface area contributed by atoms with Gasteiger partial charge in [0.25, 0.3) is 0 Å². The van der Waals surface area contributed by atoms with Crippen molar-refractivity contribution in [3.8, 4) is 0 Å². The fourth-order valence-corrected chi connectivity index (χ4v) is 2.06. The summed E-state index contributed by atoms with van der Waals surface area (Å²) in [6.07, 6.45) is 1.67. The Kier molecular flexibility index (Phi) is 5.86. The van der Waals surface area contributed by atoms with Crippen LogP contribution in [0.3, 0.4) is 0 Å². The van der Waals surface area contributed by atoms with Crippen LogP contribution >= 0.6 is 0 Å². The molecule has 1 unspecified atom stereocenters. The van der Waals surface area contributed by atoms with E-state index in [4.69, 9.17) is 5.73 Å². The number of hydrogen-bond acceptors (Lipinski definition) is 2. The van der Waals surface area contributed by atoms with Gasteiger partial charge < -0.3 is 11.1 Å². The minimum atomic E-state index is -0.0836. The van der Waals surface area contributed by atoms with Gasteiger partial charge in [-0.1, -0.05) is 38.1 Å². The summed E-state index contributed by atoms with van der Waals surface area (Å²) in [5.41, 5.74) is 7.90. The molecule has 3 nitrogen and oxygen atoms in total. The molecule has 100 valence electrons. The topological polar surface area (TPSA) is 55.1 Å². The third kappa shape index (κ3) is 3.84. The second-order valence-electron chi connectivity index (χ2n) is 4.92. The van der Waals surface area contributed by atoms with Gasteiger partial charge in [-0.3, -0.25) is 4.79 Å². The molecule has 0 heterocycles. The largest absolute Gasteiger partial charge is 0.359 e. The Morgan fingerprint density at radius 3 is 2.22 bits per heavy atom. The Morgan fingerprint density at radius 1 is 1.22 bits per heavy atom. The van der Waals surface area contributed by atoms with Crippen molar-refractivity contribution in [3.05, 3.63) is 35.4 Å². The van der Waals surface area contributed by atoms with Gasteiger partial charge in [-0.25, -0.2) is 0 Å². The van der Waals surface area contributed by atoms with E-state index in [1.165, 1.54) is 5.56 Å². The Bertz CT molecular complexity index is 371. The van der Waals surface area contributed by atoms with Crippen LogP contribution in [0.15, 0.2) is 24.3 Å². The highest BCUT2D eigenvalue weighted by atomic mass is 16.1. The number of carbonyl (C=O) groups excluding carboxylic acids is 1. The van der Waals surface area contributed by atoms with E-state index in [1.807, 2.05) is 0 Å². The van der Waals surface area contributed by atoms with Crippen molar-refractivity contribution in [2.45, 2.75) is 38.5 Å². The Labute approximate surface area is 110 Å². The summed E-state index contributed by atoms with van der Waals surface area (Å²) in [4.78, 5) is 11.9. The summed E-state index contributed by atoms with van der Waals surface area (Å²) in [6, 6.07) is 8.34. The maximum absolute atomic E-state index is 11.9. The zero-order chi connectivity index (χ0) is 13.5. The lowest BCUT2D eigenvalue weighted by atomic mass is 9.91. The molecule has 1 atom stereocenters. The zero-order valence-electron chi connectivity index (χ0n) is 11.6. The van der Waals surface area contributed by atoms with Gasteiger partial charge in [0.1, 0.15) is 0 Å². The quantitative estimate of drug-likeness (QED) is 0.812. The first-order valence-corrected chi connectivity index (χ1v) is 6.61. The molecule has 0 radical (unpaired) electrons. The van der Waals surface area contributed by atoms with Gasteiger partial charge in [0.15, 0.2) is 0 Å². The van der Waals surface area contributed by atoms with Crippen molar-refractivity contribution in [1.82, 2.24) is 5.32 Å². The molecule has 0 bridgehead atoms. The van der Waals surface area contributed by atoms with Crippen molar-refractivity contribution in [3.63, 3.8) is 0 Å². The van der Waals surface area contributed by atoms with Crippen LogP contribution in [-0.2, 0) is 4.79 Å². The van der Waals surface area contributed by atoms with Gasteiger partial charge in [0.05, 0.1) is 5.92 Å². The number of carbonyl (C=O) groups is 1. The number of hydrogen-bond donors (Lipinski definition) is 2. The van der Waals surface area contributed by atoms with Crippen LogP contribution in [0.2, 0.25) is 0 Å². The maximum atomic E-state index is 11.9. The summed E-state index contributed by atoms with van der Waals surface area (Å²) in [5, 5.41) is 2.73. The van der Waals surface area contributed by atoms with Gasteiger partial charge in [-0.2, -0.15) is 0 Å². The fourth-order valence-electron chi connectivity index (χ4n) is 2.06. The predicted octanol–water partition coefficient (Wildman–Crippen LogP) is 2.38. The zero-order valence-corrected chi connectivity index (χ0v) is 11.6. The average molecular weight is 248 g/mol. The number of nitrogens with one attached hydrogen (secondary N) is 1. The smallest absolute Gasteiger partial charge is 0.227 e. The molecule has 1 rings (SSSR count). The predicted molar refractivity (Wildman–Crippen MR) is 75.6 cm³/mol. The van der Waals surface area contributed by atoms with E-state index >= 15 is 0 Å². The van der Waals surface area contributed by atoms with Crippen LogP contribution in [0.5, 0.6) is 0 Å². The molecular weight excluding hydrogens is 224 g/mol. The molecular formula is C15H24N2O. The SMILES string of the molecule is CNC(=O)C(CCCN)c1ccc(C(C)C)cc1. The van der Waals surface area contributed by atoms with Crippen molar-refractivity contribution in [2.75, 3.05) is 13.6 Å². The lowest BCUT2D eigenvalue weighted by Gasteiger charge is -2.16. The molecule has 0 aliphatic heterocycles. The Balaban J connectivity index is 2.87. The number of amides is 1. The molecule has 0 saturated heterocycles. The van der Waals surface area contributed by atoms with Crippen molar-refractivity contribution < 1.29 is 4.79 Å². The first-order chi connectivity index (χ1) is 8.60. The standard InChI is InChI=1S/C15H24N2O/c1-11(2)12-6-8-13(9-7-12)14(5-4-10-16)15(18)17-3/h6-9,11,14H,4-5,10,16H2,1-3H3,(H,17,18). The highest BCUT2D eigenvalue weighted by Gasteiger charge is 2.18. The number of rotatable bonds is 6. The molecule has 0 saturated carbocycles. The molecule has 1 aromatic carbocycles. The maximum Gasteiger partial charge on any atom is 0.227 e. The number of benzene rings is 1. The molecule has 1 aromatic rings. The molecule has 18 heavy (non-hydrogen) atoms. The lowest BCUT2D eigenvalue weighted by Crippen LogP contribution is -2.26. The third-order valence-corrected chi connectivity index (χ3v) is 3.27. The van der Waals surface area contributed by atoms with Crippen LogP contribution in [-0.4, -0.2) is 19.5 Å². The summed E-state index contributed by atoms with van der Waals surface area (Å²) < 4.78 is 0. The molecule has 1 amide bonds. The van der Waals surface area contributed by atoms with Crippen LogP contribution in [0.1, 0.15) is 49.7 Å². The van der Waals surface area contributed by atoms with E-state index in [2.05, 4.69) is 43.4 Å². The molecule has 3 heteroatoms. The van der Waals surface area contributed by atoms with E-state index in [-0.39, 0.29) is 11.8 Å². The normalized spacial score (nSPS) is 12.5. The van der Waals surface area contributed by atoms with Gasteiger partial charge in [0, 0.05) is 7.05 Å². The Morgan fingerprint density at radius 2 is 1.78 bits per heavy atom. The first-order valence-electron chi connectivity index (χ1n) is 6.61. The van der Waals surface area contributed by atoms with E-state index in [9.17, 15) is 4.79 Å². The van der Waals surface area contributed by atoms with Crippen molar-refractivity contribution in [2.24, 2.45) is 5.73 Å². The molecule has 0 aliphatic rings. The third-order valence-electron chi connectivity index (χ3n) is 3.27. The molecule has 0 fully saturated rings. The van der Waals surface area contributed by atoms with Gasteiger partial charge in [0.2, 0.25) is 5.91 Å². The van der Waals surface area contributed by atoms with Crippen molar-refractivity contribution >= 4 is 5.91 Å². The number of nitrogens with two attached hydrogens (primary N) is 1. The van der Waals surface area contributed by atoms with Gasteiger partial charge in [-0.15, -0.1) is 0 Å². The highest BCUT2D eigenvalue weighted by Crippen LogP contribution is 2.23. The van der Waals surface area contributed by atoms with Crippen LogP contribution in [0.4, 0.5) is 0 Å². The minimum Gasteiger partial charge on any atom is -0.359 e. The van der Waals surface area contributed by atoms with E-state index in [0.717, 1.165) is 18.4 Å². The average Bonchev–Trinajstić information content (AvgIpc) is 2.39. The highest BCUT2D eigenvalue weighted by molar-refractivity contribution is 5.83. The van der Waals surface area contributed by atoms with Crippen LogP contribution < -0.4 is 11.1 Å². The van der Waals surface area contributed by atoms with E-state index < -0.39 is 0 Å². The van der Waals surface area contributed by atoms with Crippen LogP contribution in [0.25, 0.3) is 0 Å². The summed E-state index contributed by atoms with van der Waals surface area (Å²) in [7, 11) is 1.68. The second kappa shape index (κ2) is 7.17. The first kappa shape index (κ1) is 14.7. The summed E-state index contributed by atoms with van der Waals surface area (Å²) >= 11 is 0. The molecule has 0 aliphatic carbocycles. The van der Waals surface area contributed by atoms with Gasteiger partial charge in [-0.05, 0) is 36.4 Å². The molecule has 3 N–H and O–H groups in total. The van der Waals surface area contributed by atoms with Gasteiger partial charge >= 0.3 is 0 Å². The Hall–Kier alpha value is -1.35.